The number of nitrogens with one attached hydrogen (secondary N) is 3. The Bertz CT molecular complexity index is 1200. The zero-order chi connectivity index (χ0) is 26.1. The summed E-state index contributed by atoms with van der Waals surface area (Å²) in [6, 6.07) is 11.0. The van der Waals surface area contributed by atoms with Gasteiger partial charge in [-0.2, -0.15) is 0 Å². The molecule has 10 heteroatoms. The summed E-state index contributed by atoms with van der Waals surface area (Å²) in [5, 5.41) is 2.71. The fourth-order valence-electron chi connectivity index (χ4n) is 3.27. The van der Waals surface area contributed by atoms with E-state index in [0.717, 1.165) is 5.56 Å². The van der Waals surface area contributed by atoms with Crippen molar-refractivity contribution < 1.29 is 33.0 Å². The highest BCUT2D eigenvalue weighted by molar-refractivity contribution is 6.04. The predicted octanol–water partition coefficient (Wildman–Crippen LogP) is 4.11. The molecule has 3 N–H and O–H groups in total. The molecule has 0 unspecified atom stereocenters. The van der Waals surface area contributed by atoms with E-state index >= 15 is 0 Å². The van der Waals surface area contributed by atoms with E-state index in [-0.39, 0.29) is 16.9 Å². The van der Waals surface area contributed by atoms with Gasteiger partial charge in [0, 0.05) is 16.8 Å². The lowest BCUT2D eigenvalue weighted by Crippen LogP contribution is -2.41. The molecule has 0 saturated carbocycles. The van der Waals surface area contributed by atoms with E-state index in [4.69, 9.17) is 18.6 Å². The number of anilines is 1. The number of hydrazine groups is 1. The van der Waals surface area contributed by atoms with Gasteiger partial charge in [0.2, 0.25) is 5.75 Å². The molecule has 0 saturated heterocycles. The van der Waals surface area contributed by atoms with Crippen LogP contribution in [-0.2, 0) is 0 Å². The third-order valence-electron chi connectivity index (χ3n) is 4.95. The SMILES string of the molecule is CCOc1cc(C(=O)NNC(=O)c2ccc(C)c(NC(=O)c3ccco3)c2)cc(OCC)c1OCC. The van der Waals surface area contributed by atoms with Crippen molar-refractivity contribution in [2.24, 2.45) is 0 Å². The second-order valence-corrected chi connectivity index (χ2v) is 7.47. The maximum Gasteiger partial charge on any atom is 0.291 e. The van der Waals surface area contributed by atoms with Gasteiger partial charge in [-0.05, 0) is 69.7 Å². The standard InChI is InChI=1S/C26H29N3O7/c1-5-33-21-14-18(15-22(34-6-2)23(21)35-7-3)25(31)29-28-24(30)17-11-10-16(4)19(13-17)27-26(32)20-9-8-12-36-20/h8-15H,5-7H2,1-4H3,(H,27,32)(H,28,30)(H,29,31). The average Bonchev–Trinajstić information content (AvgIpc) is 3.41. The van der Waals surface area contributed by atoms with Gasteiger partial charge < -0.3 is 23.9 Å². The smallest absolute Gasteiger partial charge is 0.291 e. The number of aryl methyl sites for hydroxylation is 1. The Kier molecular flexibility index (Phi) is 8.93. The van der Waals surface area contributed by atoms with E-state index < -0.39 is 17.7 Å². The van der Waals surface area contributed by atoms with Crippen LogP contribution < -0.4 is 30.4 Å². The molecule has 0 spiro atoms. The van der Waals surface area contributed by atoms with Crippen molar-refractivity contribution in [2.45, 2.75) is 27.7 Å². The van der Waals surface area contributed by atoms with Crippen LogP contribution in [0.5, 0.6) is 17.2 Å². The zero-order valence-corrected chi connectivity index (χ0v) is 20.6. The summed E-state index contributed by atoms with van der Waals surface area (Å²) < 4.78 is 22.0. The van der Waals surface area contributed by atoms with Crippen molar-refractivity contribution >= 4 is 23.4 Å². The molecule has 190 valence electrons. The van der Waals surface area contributed by atoms with Crippen molar-refractivity contribution in [3.8, 4) is 17.2 Å². The van der Waals surface area contributed by atoms with E-state index in [0.29, 0.717) is 42.8 Å². The second kappa shape index (κ2) is 12.3. The Morgan fingerprint density at radius 3 is 1.94 bits per heavy atom. The number of furan rings is 1. The van der Waals surface area contributed by atoms with Crippen LogP contribution in [0, 0.1) is 6.92 Å². The van der Waals surface area contributed by atoms with E-state index in [1.165, 1.54) is 30.5 Å². The highest BCUT2D eigenvalue weighted by Gasteiger charge is 2.19. The predicted molar refractivity (Wildman–Crippen MR) is 133 cm³/mol. The molecular formula is C26H29N3O7. The first-order chi connectivity index (χ1) is 17.4. The molecule has 2 aromatic carbocycles. The van der Waals surface area contributed by atoms with E-state index in [9.17, 15) is 14.4 Å². The molecular weight excluding hydrogens is 466 g/mol. The molecule has 0 radical (unpaired) electrons. The van der Waals surface area contributed by atoms with Crippen molar-refractivity contribution in [1.29, 1.82) is 0 Å². The molecule has 10 nitrogen and oxygen atoms in total. The fraction of sp³-hybridized carbons (Fsp3) is 0.269. The maximum absolute atomic E-state index is 12.8. The van der Waals surface area contributed by atoms with Gasteiger partial charge in [-0.1, -0.05) is 6.07 Å². The van der Waals surface area contributed by atoms with Crippen molar-refractivity contribution in [1.82, 2.24) is 10.9 Å². The van der Waals surface area contributed by atoms with Gasteiger partial charge in [0.1, 0.15) is 0 Å². The lowest BCUT2D eigenvalue weighted by Gasteiger charge is -2.17. The molecule has 0 aliphatic rings. The Balaban J connectivity index is 1.73. The third-order valence-corrected chi connectivity index (χ3v) is 4.95. The summed E-state index contributed by atoms with van der Waals surface area (Å²) in [6.45, 7) is 8.37. The molecule has 3 rings (SSSR count). The van der Waals surface area contributed by atoms with Crippen LogP contribution in [0.3, 0.4) is 0 Å². The second-order valence-electron chi connectivity index (χ2n) is 7.47. The molecule has 0 aliphatic carbocycles. The number of hydrogen-bond donors (Lipinski definition) is 3. The number of ether oxygens (including phenoxy) is 3. The summed E-state index contributed by atoms with van der Waals surface area (Å²) >= 11 is 0. The number of rotatable bonds is 10. The highest BCUT2D eigenvalue weighted by atomic mass is 16.5. The highest BCUT2D eigenvalue weighted by Crippen LogP contribution is 2.39. The first-order valence-corrected chi connectivity index (χ1v) is 11.5. The molecule has 0 atom stereocenters. The Labute approximate surface area is 208 Å². The Morgan fingerprint density at radius 2 is 1.39 bits per heavy atom. The number of benzene rings is 2. The minimum absolute atomic E-state index is 0.143. The first-order valence-electron chi connectivity index (χ1n) is 11.5. The van der Waals surface area contributed by atoms with Gasteiger partial charge in [-0.25, -0.2) is 0 Å². The number of amides is 3. The molecule has 36 heavy (non-hydrogen) atoms. The largest absolute Gasteiger partial charge is 0.490 e. The lowest BCUT2D eigenvalue weighted by atomic mass is 10.1. The number of carbonyl (C=O) groups excluding carboxylic acids is 3. The van der Waals surface area contributed by atoms with Crippen LogP contribution in [-0.4, -0.2) is 37.5 Å². The molecule has 1 aromatic heterocycles. The molecule has 0 aliphatic heterocycles. The average molecular weight is 496 g/mol. The molecule has 3 aromatic rings. The minimum atomic E-state index is -0.577. The monoisotopic (exact) mass is 495 g/mol. The number of hydrogen-bond acceptors (Lipinski definition) is 7. The van der Waals surface area contributed by atoms with Gasteiger partial charge in [0.25, 0.3) is 17.7 Å². The maximum atomic E-state index is 12.8. The normalized spacial score (nSPS) is 10.3. The van der Waals surface area contributed by atoms with Gasteiger partial charge >= 0.3 is 0 Å². The summed E-state index contributed by atoms with van der Waals surface area (Å²) in [4.78, 5) is 37.8. The topological polar surface area (TPSA) is 128 Å². The molecule has 0 fully saturated rings. The third kappa shape index (κ3) is 6.35. The lowest BCUT2D eigenvalue weighted by molar-refractivity contribution is 0.0846. The van der Waals surface area contributed by atoms with Crippen LogP contribution in [0.1, 0.15) is 57.6 Å². The Morgan fingerprint density at radius 1 is 0.778 bits per heavy atom. The van der Waals surface area contributed by atoms with Crippen LogP contribution >= 0.6 is 0 Å². The van der Waals surface area contributed by atoms with E-state index in [1.54, 1.807) is 25.1 Å². The van der Waals surface area contributed by atoms with Gasteiger partial charge in [0.15, 0.2) is 17.3 Å². The van der Waals surface area contributed by atoms with Crippen LogP contribution in [0.2, 0.25) is 0 Å². The van der Waals surface area contributed by atoms with Gasteiger partial charge in [-0.15, -0.1) is 0 Å². The van der Waals surface area contributed by atoms with Crippen LogP contribution in [0.15, 0.2) is 53.1 Å². The quantitative estimate of drug-likeness (QED) is 0.361. The molecule has 3 amide bonds. The Hall–Kier alpha value is -4.47. The zero-order valence-electron chi connectivity index (χ0n) is 20.6. The minimum Gasteiger partial charge on any atom is -0.490 e. The summed E-state index contributed by atoms with van der Waals surface area (Å²) in [6.07, 6.45) is 1.40. The van der Waals surface area contributed by atoms with E-state index in [2.05, 4.69) is 16.2 Å². The van der Waals surface area contributed by atoms with Crippen molar-refractivity contribution in [2.75, 3.05) is 25.1 Å². The summed E-state index contributed by atoms with van der Waals surface area (Å²) in [5.41, 5.74) is 6.40. The van der Waals surface area contributed by atoms with Crippen LogP contribution in [0.4, 0.5) is 5.69 Å². The van der Waals surface area contributed by atoms with E-state index in [1.807, 2.05) is 20.8 Å². The fourth-order valence-corrected chi connectivity index (χ4v) is 3.27. The molecule has 1 heterocycles. The summed E-state index contributed by atoms with van der Waals surface area (Å²) in [5.74, 6) is -0.325. The van der Waals surface area contributed by atoms with Crippen molar-refractivity contribution in [3.05, 3.63) is 71.2 Å². The molecule has 0 bridgehead atoms. The van der Waals surface area contributed by atoms with Gasteiger partial charge in [-0.3, -0.25) is 25.2 Å². The first kappa shape index (κ1) is 26.1. The van der Waals surface area contributed by atoms with Gasteiger partial charge in [0.05, 0.1) is 26.1 Å². The van der Waals surface area contributed by atoms with Crippen molar-refractivity contribution in [3.63, 3.8) is 0 Å². The number of carbonyl (C=O) groups is 3. The van der Waals surface area contributed by atoms with Crippen LogP contribution in [0.25, 0.3) is 0 Å². The summed E-state index contributed by atoms with van der Waals surface area (Å²) in [7, 11) is 0.